The number of hydrogen-bond acceptors (Lipinski definition) is 4. The molecule has 0 atom stereocenters. The van der Waals surface area contributed by atoms with Crippen molar-refractivity contribution < 1.29 is 0 Å². The van der Waals surface area contributed by atoms with Crippen LogP contribution in [0.3, 0.4) is 0 Å². The highest BCUT2D eigenvalue weighted by molar-refractivity contribution is 7.18. The maximum atomic E-state index is 5.85. The minimum absolute atomic E-state index is 0. The Morgan fingerprint density at radius 1 is 1.33 bits per heavy atom. The van der Waals surface area contributed by atoms with Crippen LogP contribution in [0, 0.1) is 0 Å². The minimum atomic E-state index is 0. The fourth-order valence-electron chi connectivity index (χ4n) is 1.92. The summed E-state index contributed by atoms with van der Waals surface area (Å²) >= 11 is 1.49. The first-order valence-corrected chi connectivity index (χ1v) is 7.37. The van der Waals surface area contributed by atoms with E-state index in [0.717, 1.165) is 41.1 Å². The second-order valence-electron chi connectivity index (χ2n) is 4.54. The number of aromatic nitrogens is 1. The van der Waals surface area contributed by atoms with Crippen LogP contribution in [0.4, 0.5) is 10.8 Å². The standard InChI is InChI=1S/C14H19N5S.ClH/c1-2-3-7-11-12(9-5-4-6-10(15)8-9)20-14(18-11)19-13(16)17;/h4-6,8H,2-3,7,15H2,1H3,(H4,16,17,18,19);1H. The molecule has 0 saturated carbocycles. The number of halogens is 1. The molecule has 7 heteroatoms. The lowest BCUT2D eigenvalue weighted by Crippen LogP contribution is -2.21. The van der Waals surface area contributed by atoms with E-state index in [1.807, 2.05) is 24.3 Å². The first-order valence-electron chi connectivity index (χ1n) is 6.55. The highest BCUT2D eigenvalue weighted by Crippen LogP contribution is 2.35. The number of thiazole rings is 1. The van der Waals surface area contributed by atoms with Crippen molar-refractivity contribution in [2.24, 2.45) is 16.5 Å². The van der Waals surface area contributed by atoms with Crippen LogP contribution >= 0.6 is 23.7 Å². The number of benzene rings is 1. The minimum Gasteiger partial charge on any atom is -0.399 e. The maximum Gasteiger partial charge on any atom is 0.213 e. The number of aryl methyl sites for hydroxylation is 1. The molecule has 0 fully saturated rings. The lowest BCUT2D eigenvalue weighted by atomic mass is 10.1. The van der Waals surface area contributed by atoms with Gasteiger partial charge in [-0.25, -0.2) is 4.98 Å². The predicted octanol–water partition coefficient (Wildman–Crippen LogP) is 3.06. The Morgan fingerprint density at radius 2 is 2.10 bits per heavy atom. The smallest absolute Gasteiger partial charge is 0.213 e. The topological polar surface area (TPSA) is 103 Å². The maximum absolute atomic E-state index is 5.85. The third-order valence-electron chi connectivity index (χ3n) is 2.83. The summed E-state index contributed by atoms with van der Waals surface area (Å²) in [5.41, 5.74) is 19.5. The predicted molar refractivity (Wildman–Crippen MR) is 93.3 cm³/mol. The van der Waals surface area contributed by atoms with Crippen molar-refractivity contribution in [3.8, 4) is 10.4 Å². The number of nitrogens with zero attached hydrogens (tertiary/aromatic N) is 2. The second kappa shape index (κ2) is 7.85. The van der Waals surface area contributed by atoms with Crippen molar-refractivity contribution in [1.29, 1.82) is 0 Å². The molecule has 0 amide bonds. The van der Waals surface area contributed by atoms with Gasteiger partial charge in [0.25, 0.3) is 0 Å². The van der Waals surface area contributed by atoms with E-state index in [1.54, 1.807) is 0 Å². The van der Waals surface area contributed by atoms with E-state index in [9.17, 15) is 0 Å². The van der Waals surface area contributed by atoms with Crippen molar-refractivity contribution in [2.45, 2.75) is 26.2 Å². The van der Waals surface area contributed by atoms with E-state index in [2.05, 4.69) is 16.9 Å². The molecule has 6 N–H and O–H groups in total. The van der Waals surface area contributed by atoms with Crippen molar-refractivity contribution in [3.05, 3.63) is 30.0 Å². The fraction of sp³-hybridized carbons (Fsp3) is 0.286. The first kappa shape index (κ1) is 17.3. The Kier molecular flexibility index (Phi) is 6.45. The van der Waals surface area contributed by atoms with E-state index in [0.29, 0.717) is 5.13 Å². The molecule has 0 saturated heterocycles. The van der Waals surface area contributed by atoms with E-state index >= 15 is 0 Å². The molecule has 1 aromatic heterocycles. The summed E-state index contributed by atoms with van der Waals surface area (Å²) < 4.78 is 0. The summed E-state index contributed by atoms with van der Waals surface area (Å²) in [7, 11) is 0. The van der Waals surface area contributed by atoms with Crippen LogP contribution in [-0.4, -0.2) is 10.9 Å². The van der Waals surface area contributed by atoms with E-state index < -0.39 is 0 Å². The second-order valence-corrected chi connectivity index (χ2v) is 5.52. The normalized spacial score (nSPS) is 9.95. The number of nitrogen functional groups attached to an aromatic ring is 1. The van der Waals surface area contributed by atoms with Crippen LogP contribution < -0.4 is 17.2 Å². The zero-order valence-electron chi connectivity index (χ0n) is 11.9. The summed E-state index contributed by atoms with van der Waals surface area (Å²) in [6, 6.07) is 7.78. The number of nitrogens with two attached hydrogens (primary N) is 3. The molecule has 0 bridgehead atoms. The molecule has 2 aromatic rings. The van der Waals surface area contributed by atoms with Crippen LogP contribution in [0.15, 0.2) is 29.3 Å². The molecule has 21 heavy (non-hydrogen) atoms. The number of guanidine groups is 1. The van der Waals surface area contributed by atoms with Crippen molar-refractivity contribution in [1.82, 2.24) is 4.98 Å². The van der Waals surface area contributed by atoms with Crippen LogP contribution in [0.5, 0.6) is 0 Å². The third kappa shape index (κ3) is 4.61. The van der Waals surface area contributed by atoms with E-state index in [4.69, 9.17) is 17.2 Å². The third-order valence-corrected chi connectivity index (χ3v) is 3.87. The van der Waals surface area contributed by atoms with Gasteiger partial charge in [0.2, 0.25) is 5.13 Å². The molecule has 0 spiro atoms. The summed E-state index contributed by atoms with van der Waals surface area (Å²) in [4.78, 5) is 9.66. The average molecular weight is 326 g/mol. The van der Waals surface area contributed by atoms with Gasteiger partial charge >= 0.3 is 0 Å². The molecule has 0 aliphatic heterocycles. The Labute approximate surface area is 134 Å². The Morgan fingerprint density at radius 3 is 2.71 bits per heavy atom. The Balaban J connectivity index is 0.00000220. The lowest BCUT2D eigenvalue weighted by molar-refractivity contribution is 0.782. The SMILES string of the molecule is CCCCc1nc(N=C(N)N)sc1-c1cccc(N)c1.Cl. The molecule has 1 aromatic carbocycles. The monoisotopic (exact) mass is 325 g/mol. The van der Waals surface area contributed by atoms with Gasteiger partial charge in [0.1, 0.15) is 0 Å². The fourth-order valence-corrected chi connectivity index (χ4v) is 2.92. The highest BCUT2D eigenvalue weighted by atomic mass is 35.5. The van der Waals surface area contributed by atoms with Crippen LogP contribution in [-0.2, 0) is 6.42 Å². The summed E-state index contributed by atoms with van der Waals surface area (Å²) in [6.45, 7) is 2.16. The van der Waals surface area contributed by atoms with E-state index in [-0.39, 0.29) is 18.4 Å². The molecular formula is C14H20ClN5S. The van der Waals surface area contributed by atoms with Gasteiger partial charge in [-0.3, -0.25) is 0 Å². The van der Waals surface area contributed by atoms with Crippen molar-refractivity contribution >= 4 is 40.5 Å². The number of anilines is 1. The van der Waals surface area contributed by atoms with Gasteiger partial charge < -0.3 is 17.2 Å². The van der Waals surface area contributed by atoms with Gasteiger partial charge in [0.15, 0.2) is 5.96 Å². The van der Waals surface area contributed by atoms with Gasteiger partial charge in [-0.2, -0.15) is 4.99 Å². The van der Waals surface area contributed by atoms with Crippen LogP contribution in [0.2, 0.25) is 0 Å². The lowest BCUT2D eigenvalue weighted by Gasteiger charge is -2.02. The zero-order chi connectivity index (χ0) is 14.5. The number of aliphatic imine (C=N–C) groups is 1. The molecule has 0 aliphatic carbocycles. The summed E-state index contributed by atoms with van der Waals surface area (Å²) in [5, 5.41) is 0.591. The van der Waals surface area contributed by atoms with Crippen LogP contribution in [0.25, 0.3) is 10.4 Å². The quantitative estimate of drug-likeness (QED) is 0.446. The van der Waals surface area contributed by atoms with Gasteiger partial charge in [-0.15, -0.1) is 12.4 Å². The number of rotatable bonds is 5. The Bertz CT molecular complexity index is 620. The molecule has 0 aliphatic rings. The first-order chi connectivity index (χ1) is 9.60. The molecule has 1 heterocycles. The summed E-state index contributed by atoms with van der Waals surface area (Å²) in [5.74, 6) is 0.0277. The highest BCUT2D eigenvalue weighted by Gasteiger charge is 2.13. The number of unbranched alkanes of at least 4 members (excludes halogenated alkanes) is 1. The van der Waals surface area contributed by atoms with Crippen molar-refractivity contribution in [3.63, 3.8) is 0 Å². The average Bonchev–Trinajstić information content (AvgIpc) is 2.78. The van der Waals surface area contributed by atoms with Gasteiger partial charge in [0, 0.05) is 5.69 Å². The van der Waals surface area contributed by atoms with Crippen LogP contribution in [0.1, 0.15) is 25.5 Å². The molecule has 0 unspecified atom stereocenters. The molecule has 114 valence electrons. The molecular weight excluding hydrogens is 306 g/mol. The largest absolute Gasteiger partial charge is 0.399 e. The van der Waals surface area contributed by atoms with Gasteiger partial charge in [-0.1, -0.05) is 36.8 Å². The molecule has 0 radical (unpaired) electrons. The molecule has 2 rings (SSSR count). The zero-order valence-corrected chi connectivity index (χ0v) is 13.5. The Hall–Kier alpha value is -1.79. The van der Waals surface area contributed by atoms with Gasteiger partial charge in [-0.05, 0) is 30.5 Å². The van der Waals surface area contributed by atoms with Crippen molar-refractivity contribution in [2.75, 3.05) is 5.73 Å². The molecule has 5 nitrogen and oxygen atoms in total. The van der Waals surface area contributed by atoms with E-state index in [1.165, 1.54) is 11.3 Å². The summed E-state index contributed by atoms with van der Waals surface area (Å²) in [6.07, 6.45) is 3.11. The number of hydrogen-bond donors (Lipinski definition) is 3. The van der Waals surface area contributed by atoms with Gasteiger partial charge in [0.05, 0.1) is 10.6 Å².